The molecule has 1 aromatic rings. The molecule has 0 bridgehead atoms. The van der Waals surface area contributed by atoms with Gasteiger partial charge in [-0.2, -0.15) is 0 Å². The molecule has 0 unspecified atom stereocenters. The second kappa shape index (κ2) is 7.30. The van der Waals surface area contributed by atoms with Crippen LogP contribution in [0, 0.1) is 0 Å². The minimum Gasteiger partial charge on any atom is -0.444 e. The number of hydrogen-bond acceptors (Lipinski definition) is 6. The van der Waals surface area contributed by atoms with Crippen LogP contribution in [0.25, 0.3) is 0 Å². The summed E-state index contributed by atoms with van der Waals surface area (Å²) in [4.78, 5) is 50.5. The van der Waals surface area contributed by atoms with E-state index < -0.39 is 23.6 Å². The zero-order chi connectivity index (χ0) is 19.8. The van der Waals surface area contributed by atoms with E-state index in [0.29, 0.717) is 24.3 Å². The number of hydrogen-bond donors (Lipinski definition) is 2. The quantitative estimate of drug-likeness (QED) is 0.764. The van der Waals surface area contributed by atoms with Gasteiger partial charge in [0.25, 0.3) is 5.91 Å². The molecular weight excluding hydrogens is 370 g/mol. The van der Waals surface area contributed by atoms with Crippen molar-refractivity contribution >= 4 is 35.2 Å². The molecule has 0 saturated carbocycles. The lowest BCUT2D eigenvalue weighted by Crippen LogP contribution is -2.47. The van der Waals surface area contributed by atoms with E-state index in [1.165, 1.54) is 16.2 Å². The normalized spacial score (nSPS) is 20.2. The smallest absolute Gasteiger partial charge is 0.407 e. The van der Waals surface area contributed by atoms with E-state index in [4.69, 9.17) is 4.74 Å². The van der Waals surface area contributed by atoms with E-state index in [0.717, 1.165) is 11.1 Å². The first-order chi connectivity index (χ1) is 12.7. The molecule has 4 amide bonds. The van der Waals surface area contributed by atoms with Crippen molar-refractivity contribution in [2.75, 3.05) is 0 Å². The molecule has 27 heavy (non-hydrogen) atoms. The van der Waals surface area contributed by atoms with E-state index in [1.54, 1.807) is 20.8 Å². The van der Waals surface area contributed by atoms with Gasteiger partial charge >= 0.3 is 6.09 Å². The molecule has 1 atom stereocenters. The molecule has 2 N–H and O–H groups in total. The van der Waals surface area contributed by atoms with Crippen molar-refractivity contribution in [1.29, 1.82) is 0 Å². The highest BCUT2D eigenvalue weighted by molar-refractivity contribution is 7.12. The van der Waals surface area contributed by atoms with E-state index in [1.807, 2.05) is 5.38 Å². The number of rotatable bonds is 3. The number of amides is 4. The van der Waals surface area contributed by atoms with Crippen LogP contribution in [0.15, 0.2) is 5.38 Å². The number of nitrogens with zero attached hydrogens (tertiary/aromatic N) is 1. The highest BCUT2D eigenvalue weighted by Gasteiger charge is 2.39. The largest absolute Gasteiger partial charge is 0.444 e. The lowest BCUT2D eigenvalue weighted by Gasteiger charge is -2.25. The zero-order valence-electron chi connectivity index (χ0n) is 15.6. The number of alkyl carbamates (subject to hydrolysis) is 1. The molecule has 0 radical (unpaired) electrons. The fraction of sp³-hybridized carbons (Fsp3) is 0.556. The molecule has 1 fully saturated rings. The van der Waals surface area contributed by atoms with Gasteiger partial charge in [0.2, 0.25) is 11.8 Å². The van der Waals surface area contributed by atoms with Crippen molar-refractivity contribution in [1.82, 2.24) is 15.5 Å². The lowest BCUT2D eigenvalue weighted by molar-refractivity contribution is -0.132. The maximum Gasteiger partial charge on any atom is 0.407 e. The number of fused-ring (bicyclic) bond motifs is 1. The van der Waals surface area contributed by atoms with Crippen LogP contribution in [-0.2, 0) is 27.4 Å². The average molecular weight is 393 g/mol. The molecule has 3 heterocycles. The van der Waals surface area contributed by atoms with Crippen LogP contribution in [0.1, 0.15) is 60.8 Å². The molecule has 146 valence electrons. The molecule has 1 aromatic heterocycles. The average Bonchev–Trinajstić information content (AvgIpc) is 3.03. The van der Waals surface area contributed by atoms with E-state index >= 15 is 0 Å². The first-order valence-corrected chi connectivity index (χ1v) is 9.74. The predicted molar refractivity (Wildman–Crippen MR) is 98.1 cm³/mol. The highest BCUT2D eigenvalue weighted by Crippen LogP contribution is 2.34. The van der Waals surface area contributed by atoms with Gasteiger partial charge in [-0.1, -0.05) is 0 Å². The molecule has 0 spiro atoms. The maximum absolute atomic E-state index is 12.7. The van der Waals surface area contributed by atoms with Crippen LogP contribution < -0.4 is 10.6 Å². The van der Waals surface area contributed by atoms with Crippen molar-refractivity contribution in [2.24, 2.45) is 0 Å². The Bertz CT molecular complexity index is 795. The molecule has 9 heteroatoms. The van der Waals surface area contributed by atoms with Crippen molar-refractivity contribution in [3.05, 3.63) is 21.4 Å². The van der Waals surface area contributed by atoms with E-state index in [-0.39, 0.29) is 24.8 Å². The number of carbonyl (C=O) groups is 4. The van der Waals surface area contributed by atoms with Crippen LogP contribution in [0.4, 0.5) is 4.79 Å². The second-order valence-electron chi connectivity index (χ2n) is 7.68. The number of carbonyl (C=O) groups excluding carboxylic acids is 4. The predicted octanol–water partition coefficient (Wildman–Crippen LogP) is 1.92. The Morgan fingerprint density at radius 2 is 2.11 bits per heavy atom. The number of ether oxygens (including phenoxy) is 1. The summed E-state index contributed by atoms with van der Waals surface area (Å²) in [6.45, 7) is 5.91. The summed E-state index contributed by atoms with van der Waals surface area (Å²) in [7, 11) is 0. The molecule has 8 nitrogen and oxygen atoms in total. The Labute approximate surface area is 161 Å². The third-order valence-corrected chi connectivity index (χ3v) is 5.47. The molecule has 0 aromatic carbocycles. The third-order valence-electron chi connectivity index (χ3n) is 4.41. The summed E-state index contributed by atoms with van der Waals surface area (Å²) in [6, 6.07) is -0.643. The van der Waals surface area contributed by atoms with Crippen LogP contribution in [0.3, 0.4) is 0 Å². The molecular formula is C18H23N3O5S. The van der Waals surface area contributed by atoms with Gasteiger partial charge in [-0.05, 0) is 44.6 Å². The summed E-state index contributed by atoms with van der Waals surface area (Å²) in [5.74, 6) is -0.923. The van der Waals surface area contributed by atoms with Gasteiger partial charge < -0.3 is 15.0 Å². The van der Waals surface area contributed by atoms with Crippen LogP contribution in [-0.4, -0.2) is 40.4 Å². The van der Waals surface area contributed by atoms with E-state index in [9.17, 15) is 19.2 Å². The third kappa shape index (κ3) is 4.29. The van der Waals surface area contributed by atoms with Crippen molar-refractivity contribution in [3.8, 4) is 0 Å². The first-order valence-electron chi connectivity index (χ1n) is 8.86. The maximum atomic E-state index is 12.7. The number of thiophene rings is 1. The van der Waals surface area contributed by atoms with Crippen molar-refractivity contribution in [3.63, 3.8) is 0 Å². The molecule has 1 saturated heterocycles. The summed E-state index contributed by atoms with van der Waals surface area (Å²) in [5.41, 5.74) is 1.07. The number of imide groups is 1. The van der Waals surface area contributed by atoms with Crippen LogP contribution >= 0.6 is 11.3 Å². The SMILES string of the molecule is CC(C)(C)OC(=O)NCc1csc2c1CN([C@H]1CCCC(=O)NC1=O)C2=O. The lowest BCUT2D eigenvalue weighted by atomic mass is 10.1. The van der Waals surface area contributed by atoms with Gasteiger partial charge in [-0.15, -0.1) is 11.3 Å². The van der Waals surface area contributed by atoms with Gasteiger partial charge in [0.15, 0.2) is 0 Å². The fourth-order valence-corrected chi connectivity index (χ4v) is 4.23. The van der Waals surface area contributed by atoms with Gasteiger partial charge in [-0.3, -0.25) is 19.7 Å². The monoisotopic (exact) mass is 393 g/mol. The molecule has 3 rings (SSSR count). The summed E-state index contributed by atoms with van der Waals surface area (Å²) in [6.07, 6.45) is 0.790. The molecule has 2 aliphatic heterocycles. The van der Waals surface area contributed by atoms with Crippen LogP contribution in [0.5, 0.6) is 0 Å². The minimum atomic E-state index is -0.643. The topological polar surface area (TPSA) is 105 Å². The second-order valence-corrected chi connectivity index (χ2v) is 8.56. The Kier molecular flexibility index (Phi) is 5.23. The Morgan fingerprint density at radius 3 is 2.81 bits per heavy atom. The Balaban J connectivity index is 1.68. The van der Waals surface area contributed by atoms with Crippen LogP contribution in [0.2, 0.25) is 0 Å². The van der Waals surface area contributed by atoms with Gasteiger partial charge in [-0.25, -0.2) is 4.79 Å². The zero-order valence-corrected chi connectivity index (χ0v) is 16.4. The van der Waals surface area contributed by atoms with Crippen molar-refractivity contribution < 1.29 is 23.9 Å². The highest BCUT2D eigenvalue weighted by atomic mass is 32.1. The van der Waals surface area contributed by atoms with Gasteiger partial charge in [0.05, 0.1) is 4.88 Å². The molecule has 2 aliphatic rings. The van der Waals surface area contributed by atoms with Gasteiger partial charge in [0, 0.05) is 25.1 Å². The van der Waals surface area contributed by atoms with Crippen molar-refractivity contribution in [2.45, 2.75) is 64.8 Å². The number of nitrogens with one attached hydrogen (secondary N) is 2. The fourth-order valence-electron chi connectivity index (χ4n) is 3.19. The minimum absolute atomic E-state index is 0.201. The first kappa shape index (κ1) is 19.3. The van der Waals surface area contributed by atoms with Gasteiger partial charge in [0.1, 0.15) is 11.6 Å². The summed E-state index contributed by atoms with van der Waals surface area (Å²) >= 11 is 1.30. The molecule has 0 aliphatic carbocycles. The standard InChI is InChI=1S/C18H23N3O5S/c1-18(2,3)26-17(25)19-7-10-9-27-14-11(10)8-21(16(14)24)12-5-4-6-13(22)20-15(12)23/h9,12H,4-8H2,1-3H3,(H,19,25)(H,20,22,23)/t12-/m0/s1. The Morgan fingerprint density at radius 1 is 1.37 bits per heavy atom. The Hall–Kier alpha value is -2.42. The summed E-state index contributed by atoms with van der Waals surface area (Å²) in [5, 5.41) is 6.88. The van der Waals surface area contributed by atoms with E-state index in [2.05, 4.69) is 10.6 Å². The summed E-state index contributed by atoms with van der Waals surface area (Å²) < 4.78 is 5.22.